The van der Waals surface area contributed by atoms with Gasteiger partial charge >= 0.3 is 0 Å². The maximum atomic E-state index is 3.79. The Labute approximate surface area is 82.9 Å². The minimum Gasteiger partial charge on any atom is -0.103 e. The van der Waals surface area contributed by atoms with Crippen LogP contribution in [0.1, 0.15) is 11.1 Å². The summed E-state index contributed by atoms with van der Waals surface area (Å²) in [5, 5.41) is 0. The van der Waals surface area contributed by atoms with Gasteiger partial charge in [-0.25, -0.2) is 0 Å². The summed E-state index contributed by atoms with van der Waals surface area (Å²) in [6.45, 7) is 8.33. The summed E-state index contributed by atoms with van der Waals surface area (Å²) in [5.74, 6) is 0. The van der Waals surface area contributed by atoms with Crippen LogP contribution >= 0.6 is 0 Å². The molecule has 0 aromatic heterocycles. The van der Waals surface area contributed by atoms with E-state index in [0.717, 1.165) is 0 Å². The van der Waals surface area contributed by atoms with E-state index in [9.17, 15) is 0 Å². The maximum absolute atomic E-state index is 3.79. The van der Waals surface area contributed by atoms with Gasteiger partial charge in [0.2, 0.25) is 0 Å². The Kier molecular flexibility index (Phi) is 3.97. The third kappa shape index (κ3) is 3.60. The number of benzene rings is 1. The highest BCUT2D eigenvalue weighted by atomic mass is 28.3. The first-order chi connectivity index (χ1) is 6.22. The largest absolute Gasteiger partial charge is 0.103 e. The van der Waals surface area contributed by atoms with E-state index >= 15 is 0 Å². The Hall–Kier alpha value is -0.823. The molecular formula is C12H18Si. The van der Waals surface area contributed by atoms with Crippen LogP contribution in [0.2, 0.25) is 12.6 Å². The fourth-order valence-corrected chi connectivity index (χ4v) is 3.31. The standard InChI is InChI=1S/C12H18Si/c1-4-9-13(3)10-12-7-5-11(2)6-8-12/h4-8,13H,1,9-10H2,2-3H3. The number of hydrogen-bond acceptors (Lipinski definition) is 0. The van der Waals surface area contributed by atoms with Gasteiger partial charge < -0.3 is 0 Å². The first-order valence-electron chi connectivity index (χ1n) is 4.89. The molecule has 1 aromatic carbocycles. The molecule has 0 spiro atoms. The summed E-state index contributed by atoms with van der Waals surface area (Å²) < 4.78 is 0. The number of allylic oxidation sites excluding steroid dienone is 1. The maximum Gasteiger partial charge on any atom is 0.0420 e. The lowest BCUT2D eigenvalue weighted by atomic mass is 10.2. The van der Waals surface area contributed by atoms with Gasteiger partial charge in [0, 0.05) is 8.80 Å². The van der Waals surface area contributed by atoms with Crippen LogP contribution in [0.5, 0.6) is 0 Å². The van der Waals surface area contributed by atoms with Crippen molar-refractivity contribution in [2.45, 2.75) is 25.6 Å². The van der Waals surface area contributed by atoms with E-state index in [-0.39, 0.29) is 0 Å². The van der Waals surface area contributed by atoms with Crippen LogP contribution < -0.4 is 0 Å². The van der Waals surface area contributed by atoms with Crippen molar-refractivity contribution in [1.29, 1.82) is 0 Å². The first-order valence-corrected chi connectivity index (χ1v) is 7.67. The molecule has 0 amide bonds. The highest BCUT2D eigenvalue weighted by molar-refractivity contribution is 6.57. The molecule has 0 saturated carbocycles. The summed E-state index contributed by atoms with van der Waals surface area (Å²) in [7, 11) is -0.563. The van der Waals surface area contributed by atoms with Gasteiger partial charge in [-0.1, -0.05) is 48.0 Å². The van der Waals surface area contributed by atoms with Gasteiger partial charge in [-0.3, -0.25) is 0 Å². The van der Waals surface area contributed by atoms with Crippen LogP contribution in [0.25, 0.3) is 0 Å². The van der Waals surface area contributed by atoms with E-state index in [1.807, 2.05) is 0 Å². The summed E-state index contributed by atoms with van der Waals surface area (Å²) in [5.41, 5.74) is 2.84. The molecule has 0 N–H and O–H groups in total. The summed E-state index contributed by atoms with van der Waals surface area (Å²) in [4.78, 5) is 0. The Morgan fingerprint density at radius 2 is 1.92 bits per heavy atom. The molecular weight excluding hydrogens is 172 g/mol. The lowest BCUT2D eigenvalue weighted by Crippen LogP contribution is -2.09. The molecule has 0 aliphatic carbocycles. The van der Waals surface area contributed by atoms with Gasteiger partial charge in [-0.15, -0.1) is 6.58 Å². The lowest BCUT2D eigenvalue weighted by molar-refractivity contribution is 1.31. The van der Waals surface area contributed by atoms with Crippen molar-refractivity contribution in [2.24, 2.45) is 0 Å². The Morgan fingerprint density at radius 3 is 2.46 bits per heavy atom. The van der Waals surface area contributed by atoms with Crippen LogP contribution in [0, 0.1) is 6.92 Å². The third-order valence-corrected chi connectivity index (χ3v) is 4.58. The monoisotopic (exact) mass is 190 g/mol. The first kappa shape index (κ1) is 10.3. The van der Waals surface area contributed by atoms with E-state index in [2.05, 4.69) is 50.4 Å². The predicted octanol–water partition coefficient (Wildman–Crippen LogP) is 3.12. The van der Waals surface area contributed by atoms with Crippen molar-refractivity contribution >= 4 is 8.80 Å². The highest BCUT2D eigenvalue weighted by Gasteiger charge is 2.02. The molecule has 1 atom stereocenters. The van der Waals surface area contributed by atoms with Crippen LogP contribution in [0.4, 0.5) is 0 Å². The quantitative estimate of drug-likeness (QED) is 0.505. The van der Waals surface area contributed by atoms with Gasteiger partial charge in [-0.2, -0.15) is 0 Å². The average Bonchev–Trinajstić information content (AvgIpc) is 2.09. The van der Waals surface area contributed by atoms with E-state index in [1.54, 1.807) is 0 Å². The number of hydrogen-bond donors (Lipinski definition) is 0. The van der Waals surface area contributed by atoms with Crippen molar-refractivity contribution in [3.63, 3.8) is 0 Å². The van der Waals surface area contributed by atoms with Gasteiger partial charge in [0.05, 0.1) is 0 Å². The van der Waals surface area contributed by atoms with E-state index < -0.39 is 8.80 Å². The second kappa shape index (κ2) is 5.03. The van der Waals surface area contributed by atoms with Crippen molar-refractivity contribution in [3.8, 4) is 0 Å². The van der Waals surface area contributed by atoms with Gasteiger partial charge in [0.1, 0.15) is 0 Å². The molecule has 0 aliphatic heterocycles. The fourth-order valence-electron chi connectivity index (χ4n) is 1.49. The SMILES string of the molecule is C=CC[SiH](C)Cc1ccc(C)cc1. The summed E-state index contributed by atoms with van der Waals surface area (Å²) in [6.07, 6.45) is 2.06. The molecule has 0 bridgehead atoms. The second-order valence-corrected chi connectivity index (χ2v) is 6.91. The normalized spacial score (nSPS) is 12.5. The van der Waals surface area contributed by atoms with Crippen molar-refractivity contribution in [1.82, 2.24) is 0 Å². The molecule has 1 unspecified atom stereocenters. The molecule has 0 heterocycles. The molecule has 1 rings (SSSR count). The molecule has 0 fully saturated rings. The number of rotatable bonds is 4. The summed E-state index contributed by atoms with van der Waals surface area (Å²) >= 11 is 0. The smallest absolute Gasteiger partial charge is 0.0420 e. The van der Waals surface area contributed by atoms with Crippen LogP contribution in [-0.4, -0.2) is 8.80 Å². The van der Waals surface area contributed by atoms with Crippen molar-refractivity contribution < 1.29 is 0 Å². The zero-order valence-corrected chi connectivity index (χ0v) is 9.74. The fraction of sp³-hybridized carbons (Fsp3) is 0.333. The number of aryl methyl sites for hydroxylation is 1. The molecule has 0 radical (unpaired) electrons. The van der Waals surface area contributed by atoms with Crippen LogP contribution in [0.15, 0.2) is 36.9 Å². The van der Waals surface area contributed by atoms with E-state index in [1.165, 1.54) is 23.2 Å². The summed E-state index contributed by atoms with van der Waals surface area (Å²) in [6, 6.07) is 11.4. The minimum absolute atomic E-state index is 0.563. The predicted molar refractivity (Wildman–Crippen MR) is 62.9 cm³/mol. The molecule has 70 valence electrons. The zero-order chi connectivity index (χ0) is 9.68. The van der Waals surface area contributed by atoms with Crippen LogP contribution in [0.3, 0.4) is 0 Å². The van der Waals surface area contributed by atoms with Gasteiger partial charge in [0.25, 0.3) is 0 Å². The molecule has 1 heteroatoms. The topological polar surface area (TPSA) is 0 Å². The Morgan fingerprint density at radius 1 is 1.31 bits per heavy atom. The molecule has 0 saturated heterocycles. The average molecular weight is 190 g/mol. The highest BCUT2D eigenvalue weighted by Crippen LogP contribution is 2.07. The van der Waals surface area contributed by atoms with Crippen LogP contribution in [-0.2, 0) is 6.04 Å². The molecule has 0 nitrogen and oxygen atoms in total. The molecule has 1 aromatic rings. The Bertz CT molecular complexity index is 261. The Balaban J connectivity index is 2.53. The van der Waals surface area contributed by atoms with Crippen molar-refractivity contribution in [2.75, 3.05) is 0 Å². The molecule has 13 heavy (non-hydrogen) atoms. The van der Waals surface area contributed by atoms with Gasteiger partial charge in [-0.05, 0) is 19.0 Å². The van der Waals surface area contributed by atoms with Gasteiger partial charge in [0.15, 0.2) is 0 Å². The zero-order valence-electron chi connectivity index (χ0n) is 8.59. The van der Waals surface area contributed by atoms with E-state index in [4.69, 9.17) is 0 Å². The van der Waals surface area contributed by atoms with E-state index in [0.29, 0.717) is 0 Å². The molecule has 0 aliphatic rings. The second-order valence-electron chi connectivity index (χ2n) is 3.82. The lowest BCUT2D eigenvalue weighted by Gasteiger charge is -2.06. The third-order valence-electron chi connectivity index (χ3n) is 2.27. The van der Waals surface area contributed by atoms with Crippen molar-refractivity contribution in [3.05, 3.63) is 48.0 Å². The minimum atomic E-state index is -0.563.